The van der Waals surface area contributed by atoms with E-state index in [1.165, 1.54) is 31.4 Å². The zero-order valence-electron chi connectivity index (χ0n) is 11.4. The van der Waals surface area contributed by atoms with Crippen molar-refractivity contribution >= 4 is 12.2 Å². The second-order valence-corrected chi connectivity index (χ2v) is 5.86. The lowest BCUT2D eigenvalue weighted by Gasteiger charge is -2.20. The summed E-state index contributed by atoms with van der Waals surface area (Å²) in [4.78, 5) is 7.89. The summed E-state index contributed by atoms with van der Waals surface area (Å²) >= 11 is 5.29. The van der Waals surface area contributed by atoms with Gasteiger partial charge in [0.25, 0.3) is 0 Å². The van der Waals surface area contributed by atoms with Crippen LogP contribution < -0.4 is 0 Å². The molecule has 0 aromatic carbocycles. The molecule has 1 unspecified atom stereocenters. The number of aromatic amines is 1. The Hall–Kier alpha value is -0.740. The van der Waals surface area contributed by atoms with E-state index in [1.54, 1.807) is 7.11 Å². The van der Waals surface area contributed by atoms with Gasteiger partial charge in [0.15, 0.2) is 0 Å². The Balaban J connectivity index is 2.33. The minimum atomic E-state index is -0.00643. The first-order chi connectivity index (χ1) is 8.61. The standard InChI is InChI=1S/C14H22N2OS/c1-9(2)13(17-3)14-15-11(8-12(18)16-14)10-6-4-5-7-10/h8-10,13H,4-7H2,1-3H3,(H,15,16,18). The van der Waals surface area contributed by atoms with Crippen LogP contribution in [-0.4, -0.2) is 17.1 Å². The fourth-order valence-corrected chi connectivity index (χ4v) is 3.01. The van der Waals surface area contributed by atoms with Gasteiger partial charge >= 0.3 is 0 Å². The summed E-state index contributed by atoms with van der Waals surface area (Å²) in [7, 11) is 1.73. The highest BCUT2D eigenvalue weighted by atomic mass is 32.1. The average molecular weight is 266 g/mol. The number of nitrogens with one attached hydrogen (secondary N) is 1. The van der Waals surface area contributed by atoms with Gasteiger partial charge in [-0.3, -0.25) is 0 Å². The van der Waals surface area contributed by atoms with Crippen molar-refractivity contribution in [1.82, 2.24) is 9.97 Å². The second kappa shape index (κ2) is 5.93. The van der Waals surface area contributed by atoms with Gasteiger partial charge in [-0.1, -0.05) is 38.9 Å². The molecule has 1 aromatic heterocycles. The van der Waals surface area contributed by atoms with E-state index in [4.69, 9.17) is 17.0 Å². The van der Waals surface area contributed by atoms with Crippen LogP contribution >= 0.6 is 12.2 Å². The van der Waals surface area contributed by atoms with Crippen LogP contribution in [0.25, 0.3) is 0 Å². The predicted molar refractivity (Wildman–Crippen MR) is 75.2 cm³/mol. The van der Waals surface area contributed by atoms with Crippen LogP contribution in [0.5, 0.6) is 0 Å². The number of aromatic nitrogens is 2. The third-order valence-electron chi connectivity index (χ3n) is 3.71. The molecular formula is C14H22N2OS. The highest BCUT2D eigenvalue weighted by Gasteiger charge is 2.22. The Morgan fingerprint density at radius 3 is 2.61 bits per heavy atom. The van der Waals surface area contributed by atoms with Crippen molar-refractivity contribution < 1.29 is 4.74 Å². The Labute approximate surface area is 114 Å². The number of nitrogens with zero attached hydrogens (tertiary/aromatic N) is 1. The highest BCUT2D eigenvalue weighted by Crippen LogP contribution is 2.33. The average Bonchev–Trinajstić information content (AvgIpc) is 2.82. The van der Waals surface area contributed by atoms with Crippen LogP contribution in [0.4, 0.5) is 0 Å². The van der Waals surface area contributed by atoms with E-state index in [-0.39, 0.29) is 6.10 Å². The molecule has 2 rings (SSSR count). The van der Waals surface area contributed by atoms with Crippen molar-refractivity contribution in [2.24, 2.45) is 5.92 Å². The molecule has 1 aliphatic carbocycles. The van der Waals surface area contributed by atoms with Crippen LogP contribution in [0.3, 0.4) is 0 Å². The Morgan fingerprint density at radius 1 is 1.39 bits per heavy atom. The lowest BCUT2D eigenvalue weighted by atomic mass is 10.0. The molecule has 0 saturated heterocycles. The van der Waals surface area contributed by atoms with Gasteiger partial charge < -0.3 is 9.72 Å². The number of ether oxygens (including phenoxy) is 1. The first-order valence-electron chi connectivity index (χ1n) is 6.75. The first-order valence-corrected chi connectivity index (χ1v) is 7.16. The van der Waals surface area contributed by atoms with Crippen molar-refractivity contribution in [2.75, 3.05) is 7.11 Å². The zero-order valence-corrected chi connectivity index (χ0v) is 12.2. The van der Waals surface area contributed by atoms with E-state index in [1.807, 2.05) is 6.07 Å². The molecule has 1 aromatic rings. The van der Waals surface area contributed by atoms with Gasteiger partial charge in [0.2, 0.25) is 0 Å². The third kappa shape index (κ3) is 2.98. The third-order valence-corrected chi connectivity index (χ3v) is 3.92. The van der Waals surface area contributed by atoms with E-state index in [0.717, 1.165) is 5.82 Å². The van der Waals surface area contributed by atoms with Gasteiger partial charge in [0, 0.05) is 12.8 Å². The smallest absolute Gasteiger partial charge is 0.137 e. The molecule has 0 amide bonds. The van der Waals surface area contributed by atoms with Crippen molar-refractivity contribution in [3.63, 3.8) is 0 Å². The molecule has 1 N–H and O–H groups in total. The number of hydrogen-bond donors (Lipinski definition) is 1. The topological polar surface area (TPSA) is 37.9 Å². The molecule has 100 valence electrons. The Kier molecular flexibility index (Phi) is 4.51. The molecule has 1 heterocycles. The van der Waals surface area contributed by atoms with Crippen molar-refractivity contribution in [1.29, 1.82) is 0 Å². The van der Waals surface area contributed by atoms with Gasteiger partial charge in [-0.05, 0) is 30.7 Å². The van der Waals surface area contributed by atoms with Gasteiger partial charge in [0.05, 0.1) is 0 Å². The molecule has 18 heavy (non-hydrogen) atoms. The van der Waals surface area contributed by atoms with E-state index >= 15 is 0 Å². The second-order valence-electron chi connectivity index (χ2n) is 5.44. The normalized spacial score (nSPS) is 18.4. The lowest BCUT2D eigenvalue weighted by Crippen LogP contribution is -2.14. The predicted octanol–water partition coefficient (Wildman–Crippen LogP) is 4.14. The summed E-state index contributed by atoms with van der Waals surface area (Å²) < 4.78 is 6.20. The van der Waals surface area contributed by atoms with Crippen LogP contribution in [0.2, 0.25) is 0 Å². The van der Waals surface area contributed by atoms with Gasteiger partial charge in [-0.15, -0.1) is 0 Å². The maximum absolute atomic E-state index is 5.53. The number of H-pyrrole nitrogens is 1. The van der Waals surface area contributed by atoms with Crippen LogP contribution in [0.1, 0.15) is 63.1 Å². The van der Waals surface area contributed by atoms with Crippen molar-refractivity contribution in [3.8, 4) is 0 Å². The molecule has 0 bridgehead atoms. The molecule has 1 saturated carbocycles. The summed E-state index contributed by atoms with van der Waals surface area (Å²) in [6.07, 6.45) is 5.15. The minimum Gasteiger partial charge on any atom is -0.373 e. The quantitative estimate of drug-likeness (QED) is 0.832. The van der Waals surface area contributed by atoms with Crippen LogP contribution in [-0.2, 0) is 4.74 Å². The van der Waals surface area contributed by atoms with Gasteiger partial charge in [-0.25, -0.2) is 4.98 Å². The molecule has 3 nitrogen and oxygen atoms in total. The van der Waals surface area contributed by atoms with E-state index < -0.39 is 0 Å². The molecule has 0 radical (unpaired) electrons. The maximum Gasteiger partial charge on any atom is 0.137 e. The summed E-state index contributed by atoms with van der Waals surface area (Å²) in [6.45, 7) is 4.27. The zero-order chi connectivity index (χ0) is 13.1. The summed E-state index contributed by atoms with van der Waals surface area (Å²) in [6, 6.07) is 2.02. The minimum absolute atomic E-state index is 0.00643. The first kappa shape index (κ1) is 13.7. The van der Waals surface area contributed by atoms with E-state index in [2.05, 4.69) is 23.8 Å². The van der Waals surface area contributed by atoms with Gasteiger partial charge in [0.1, 0.15) is 16.6 Å². The molecular weight excluding hydrogens is 244 g/mol. The fourth-order valence-electron chi connectivity index (χ4n) is 2.79. The summed E-state index contributed by atoms with van der Waals surface area (Å²) in [5, 5.41) is 0. The molecule has 4 heteroatoms. The Morgan fingerprint density at radius 2 is 2.06 bits per heavy atom. The monoisotopic (exact) mass is 266 g/mol. The molecule has 1 aliphatic rings. The number of rotatable bonds is 4. The van der Waals surface area contributed by atoms with Crippen molar-refractivity contribution in [3.05, 3.63) is 22.2 Å². The largest absolute Gasteiger partial charge is 0.373 e. The van der Waals surface area contributed by atoms with E-state index in [0.29, 0.717) is 16.5 Å². The molecule has 0 spiro atoms. The summed E-state index contributed by atoms with van der Waals surface area (Å²) in [5.41, 5.74) is 1.24. The highest BCUT2D eigenvalue weighted by molar-refractivity contribution is 7.71. The number of methoxy groups -OCH3 is 1. The van der Waals surface area contributed by atoms with Crippen molar-refractivity contribution in [2.45, 2.75) is 51.6 Å². The molecule has 1 fully saturated rings. The molecule has 0 aliphatic heterocycles. The van der Waals surface area contributed by atoms with E-state index in [9.17, 15) is 0 Å². The SMILES string of the molecule is COC(c1nc(=S)cc(C2CCCC2)[nH]1)C(C)C. The maximum atomic E-state index is 5.53. The lowest BCUT2D eigenvalue weighted by molar-refractivity contribution is 0.0571. The van der Waals surface area contributed by atoms with Gasteiger partial charge in [-0.2, -0.15) is 0 Å². The fraction of sp³-hybridized carbons (Fsp3) is 0.714. The number of hydrogen-bond acceptors (Lipinski definition) is 3. The molecule has 1 atom stereocenters. The van der Waals surface area contributed by atoms with Crippen LogP contribution in [0, 0.1) is 10.6 Å². The Bertz CT molecular complexity index is 449. The summed E-state index contributed by atoms with van der Waals surface area (Å²) in [5.74, 6) is 1.88. The van der Waals surface area contributed by atoms with Crippen LogP contribution in [0.15, 0.2) is 6.07 Å².